The molecule has 1 saturated heterocycles. The van der Waals surface area contributed by atoms with E-state index in [4.69, 9.17) is 11.6 Å². The Balaban J connectivity index is 1.67. The number of likely N-dealkylation sites (tertiary alicyclic amines) is 1. The zero-order valence-electron chi connectivity index (χ0n) is 11.8. The zero-order valence-corrected chi connectivity index (χ0v) is 12.6. The number of piperidine rings is 1. The van der Waals surface area contributed by atoms with Crippen molar-refractivity contribution in [1.29, 1.82) is 0 Å². The molecule has 0 aromatic heterocycles. The highest BCUT2D eigenvalue weighted by Gasteiger charge is 2.27. The van der Waals surface area contributed by atoms with Gasteiger partial charge in [0.25, 0.3) is 0 Å². The van der Waals surface area contributed by atoms with Gasteiger partial charge < -0.3 is 4.90 Å². The lowest BCUT2D eigenvalue weighted by Crippen LogP contribution is -2.37. The normalized spacial score (nSPS) is 18.8. The molecule has 1 atom stereocenters. The van der Waals surface area contributed by atoms with Gasteiger partial charge in [0, 0.05) is 24.5 Å². The van der Waals surface area contributed by atoms with Crippen LogP contribution in [0.15, 0.2) is 54.6 Å². The molecule has 3 rings (SSSR count). The maximum absolute atomic E-state index is 12.4. The van der Waals surface area contributed by atoms with Crippen molar-refractivity contribution >= 4 is 17.5 Å². The van der Waals surface area contributed by atoms with Crippen molar-refractivity contribution in [2.24, 2.45) is 0 Å². The summed E-state index contributed by atoms with van der Waals surface area (Å²) in [6.07, 6.45) is 1.53. The Labute approximate surface area is 130 Å². The van der Waals surface area contributed by atoms with Gasteiger partial charge in [0.05, 0.1) is 0 Å². The minimum atomic E-state index is 0.218. The number of carbonyl (C=O) groups excluding carboxylic acids is 1. The third kappa shape index (κ3) is 3.27. The predicted octanol–water partition coefficient (Wildman–Crippen LogP) is 4.25. The molecule has 0 radical (unpaired) electrons. The fraction of sp³-hybridized carbons (Fsp3) is 0.278. The summed E-state index contributed by atoms with van der Waals surface area (Å²) in [6.45, 7) is 1.50. The quantitative estimate of drug-likeness (QED) is 0.830. The van der Waals surface area contributed by atoms with Crippen LogP contribution >= 0.6 is 11.6 Å². The third-order valence-electron chi connectivity index (χ3n) is 4.08. The molecule has 2 aromatic carbocycles. The number of hydrogen-bond acceptors (Lipinski definition) is 1. The number of hydrogen-bond donors (Lipinski definition) is 0. The fourth-order valence-electron chi connectivity index (χ4n) is 2.92. The molecule has 1 fully saturated rings. The second-order valence-electron chi connectivity index (χ2n) is 5.51. The van der Waals surface area contributed by atoms with E-state index in [9.17, 15) is 4.79 Å². The van der Waals surface area contributed by atoms with E-state index in [1.807, 2.05) is 47.4 Å². The standard InChI is InChI=1S/C18H18ClNO/c19-17-9-5-4-8-16(17)15-10-11-20(18(21)12-15)13-14-6-2-1-3-7-14/h1-9,15H,10-13H2. The Kier molecular flexibility index (Phi) is 4.26. The largest absolute Gasteiger partial charge is 0.338 e. The maximum atomic E-state index is 12.4. The Bertz CT molecular complexity index is 626. The number of benzene rings is 2. The van der Waals surface area contributed by atoms with Crippen molar-refractivity contribution < 1.29 is 4.79 Å². The summed E-state index contributed by atoms with van der Waals surface area (Å²) in [7, 11) is 0. The first-order valence-electron chi connectivity index (χ1n) is 7.30. The van der Waals surface area contributed by atoms with E-state index in [2.05, 4.69) is 12.1 Å². The highest BCUT2D eigenvalue weighted by Crippen LogP contribution is 2.33. The molecular weight excluding hydrogens is 282 g/mol. The molecule has 108 valence electrons. The molecule has 0 spiro atoms. The summed E-state index contributed by atoms with van der Waals surface area (Å²) in [6, 6.07) is 18.0. The van der Waals surface area contributed by atoms with Crippen LogP contribution < -0.4 is 0 Å². The average Bonchev–Trinajstić information content (AvgIpc) is 2.51. The maximum Gasteiger partial charge on any atom is 0.223 e. The molecule has 1 heterocycles. The monoisotopic (exact) mass is 299 g/mol. The van der Waals surface area contributed by atoms with Crippen LogP contribution in [0.25, 0.3) is 0 Å². The van der Waals surface area contributed by atoms with Crippen LogP contribution in [-0.2, 0) is 11.3 Å². The van der Waals surface area contributed by atoms with Crippen LogP contribution in [0.1, 0.15) is 29.9 Å². The number of halogens is 1. The highest BCUT2D eigenvalue weighted by atomic mass is 35.5. The Morgan fingerprint density at radius 1 is 1.05 bits per heavy atom. The molecule has 2 nitrogen and oxygen atoms in total. The minimum absolute atomic E-state index is 0.218. The molecule has 1 unspecified atom stereocenters. The SMILES string of the molecule is O=C1CC(c2ccccc2Cl)CCN1Cc1ccccc1. The summed E-state index contributed by atoms with van der Waals surface area (Å²) < 4.78 is 0. The highest BCUT2D eigenvalue weighted by molar-refractivity contribution is 6.31. The van der Waals surface area contributed by atoms with E-state index >= 15 is 0 Å². The van der Waals surface area contributed by atoms with E-state index < -0.39 is 0 Å². The molecule has 1 amide bonds. The molecule has 0 aliphatic carbocycles. The van der Waals surface area contributed by atoms with Crippen LogP contribution in [0.2, 0.25) is 5.02 Å². The smallest absolute Gasteiger partial charge is 0.223 e. The summed E-state index contributed by atoms with van der Waals surface area (Å²) in [4.78, 5) is 14.3. The van der Waals surface area contributed by atoms with E-state index in [0.29, 0.717) is 13.0 Å². The molecule has 0 N–H and O–H groups in total. The van der Waals surface area contributed by atoms with Gasteiger partial charge in [0.2, 0.25) is 5.91 Å². The second kappa shape index (κ2) is 6.31. The van der Waals surface area contributed by atoms with E-state index in [-0.39, 0.29) is 11.8 Å². The minimum Gasteiger partial charge on any atom is -0.338 e. The lowest BCUT2D eigenvalue weighted by atomic mass is 9.89. The van der Waals surface area contributed by atoms with Gasteiger partial charge in [-0.15, -0.1) is 0 Å². The van der Waals surface area contributed by atoms with Crippen LogP contribution in [-0.4, -0.2) is 17.4 Å². The molecule has 0 saturated carbocycles. The second-order valence-corrected chi connectivity index (χ2v) is 5.92. The molecule has 1 aliphatic rings. The van der Waals surface area contributed by atoms with E-state index in [1.165, 1.54) is 5.56 Å². The van der Waals surface area contributed by atoms with Crippen LogP contribution in [0, 0.1) is 0 Å². The summed E-state index contributed by atoms with van der Waals surface area (Å²) in [5.41, 5.74) is 2.29. The molecule has 0 bridgehead atoms. The first kappa shape index (κ1) is 14.2. The number of carbonyl (C=O) groups is 1. The Hall–Kier alpha value is -1.80. The van der Waals surface area contributed by atoms with Crippen molar-refractivity contribution in [2.45, 2.75) is 25.3 Å². The van der Waals surface area contributed by atoms with Gasteiger partial charge in [-0.25, -0.2) is 0 Å². The van der Waals surface area contributed by atoms with Gasteiger partial charge in [-0.2, -0.15) is 0 Å². The van der Waals surface area contributed by atoms with E-state index in [0.717, 1.165) is 23.6 Å². The average molecular weight is 300 g/mol. The number of amides is 1. The molecule has 21 heavy (non-hydrogen) atoms. The predicted molar refractivity (Wildman–Crippen MR) is 85.3 cm³/mol. The van der Waals surface area contributed by atoms with E-state index in [1.54, 1.807) is 0 Å². The first-order chi connectivity index (χ1) is 10.2. The molecule has 3 heteroatoms. The molecule has 1 aliphatic heterocycles. The fourth-order valence-corrected chi connectivity index (χ4v) is 3.21. The van der Waals surface area contributed by atoms with Gasteiger partial charge in [-0.1, -0.05) is 60.1 Å². The topological polar surface area (TPSA) is 20.3 Å². The van der Waals surface area contributed by atoms with Gasteiger partial charge in [-0.05, 0) is 29.5 Å². The lowest BCUT2D eigenvalue weighted by molar-refractivity contribution is -0.134. The summed E-state index contributed by atoms with van der Waals surface area (Å²) in [5.74, 6) is 0.466. The van der Waals surface area contributed by atoms with Gasteiger partial charge in [-0.3, -0.25) is 4.79 Å². The van der Waals surface area contributed by atoms with Crippen LogP contribution in [0.3, 0.4) is 0 Å². The first-order valence-corrected chi connectivity index (χ1v) is 7.68. The summed E-state index contributed by atoms with van der Waals surface area (Å²) in [5, 5.41) is 0.770. The van der Waals surface area contributed by atoms with Gasteiger partial charge in [0.1, 0.15) is 0 Å². The van der Waals surface area contributed by atoms with Crippen molar-refractivity contribution in [1.82, 2.24) is 4.90 Å². The summed E-state index contributed by atoms with van der Waals surface area (Å²) >= 11 is 6.25. The van der Waals surface area contributed by atoms with Gasteiger partial charge in [0.15, 0.2) is 0 Å². The van der Waals surface area contributed by atoms with Crippen molar-refractivity contribution in [2.75, 3.05) is 6.54 Å². The zero-order chi connectivity index (χ0) is 14.7. The van der Waals surface area contributed by atoms with Crippen LogP contribution in [0.5, 0.6) is 0 Å². The van der Waals surface area contributed by atoms with Crippen molar-refractivity contribution in [3.05, 3.63) is 70.7 Å². The van der Waals surface area contributed by atoms with Crippen LogP contribution in [0.4, 0.5) is 0 Å². The van der Waals surface area contributed by atoms with Crippen molar-refractivity contribution in [3.63, 3.8) is 0 Å². The molecule has 2 aromatic rings. The van der Waals surface area contributed by atoms with Crippen molar-refractivity contribution in [3.8, 4) is 0 Å². The Morgan fingerprint density at radius 2 is 1.76 bits per heavy atom. The Morgan fingerprint density at radius 3 is 2.48 bits per heavy atom. The van der Waals surface area contributed by atoms with Gasteiger partial charge >= 0.3 is 0 Å². The molecular formula is C18H18ClNO. The number of rotatable bonds is 3. The number of nitrogens with zero attached hydrogens (tertiary/aromatic N) is 1. The third-order valence-corrected chi connectivity index (χ3v) is 4.43. The lowest BCUT2D eigenvalue weighted by Gasteiger charge is -2.32.